The van der Waals surface area contributed by atoms with Gasteiger partial charge in [0.2, 0.25) is 15.9 Å². The van der Waals surface area contributed by atoms with Crippen molar-refractivity contribution in [1.82, 2.24) is 9.62 Å². The lowest BCUT2D eigenvalue weighted by Crippen LogP contribution is -2.41. The number of benzene rings is 1. The van der Waals surface area contributed by atoms with Gasteiger partial charge in [0.15, 0.2) is 0 Å². The number of rotatable bonds is 7. The number of nitrogens with zero attached hydrogens (tertiary/aromatic N) is 1. The molecule has 0 aromatic heterocycles. The minimum atomic E-state index is -3.48. The van der Waals surface area contributed by atoms with E-state index < -0.39 is 16.1 Å². The summed E-state index contributed by atoms with van der Waals surface area (Å²) in [6.45, 7) is 0.533. The number of carbonyl (C=O) groups is 1. The fraction of sp³-hybridized carbons (Fsp3) is 0.500. The lowest BCUT2D eigenvalue weighted by molar-refractivity contribution is -0.124. The zero-order valence-corrected chi connectivity index (χ0v) is 15.2. The average Bonchev–Trinajstić information content (AvgIpc) is 2.56. The summed E-state index contributed by atoms with van der Waals surface area (Å²) < 4.78 is 24.9. The number of hydrogen-bond acceptors (Lipinski definition) is 3. The van der Waals surface area contributed by atoms with Crippen LogP contribution in [-0.4, -0.2) is 38.5 Å². The Bertz CT molecular complexity index is 683. The van der Waals surface area contributed by atoms with Crippen molar-refractivity contribution < 1.29 is 13.2 Å². The van der Waals surface area contributed by atoms with Gasteiger partial charge in [-0.1, -0.05) is 42.0 Å². The lowest BCUT2D eigenvalue weighted by atomic mass is 9.97. The van der Waals surface area contributed by atoms with Crippen molar-refractivity contribution in [3.63, 3.8) is 0 Å². The quantitative estimate of drug-likeness (QED) is 0.769. The van der Waals surface area contributed by atoms with E-state index in [0.29, 0.717) is 12.1 Å². The van der Waals surface area contributed by atoms with E-state index in [1.807, 2.05) is 6.07 Å². The molecule has 1 aromatic carbocycles. The maximum absolute atomic E-state index is 12.6. The van der Waals surface area contributed by atoms with Crippen LogP contribution in [0.25, 0.3) is 0 Å². The summed E-state index contributed by atoms with van der Waals surface area (Å²) in [6, 6.07) is 8.15. The molecule has 1 unspecified atom stereocenters. The molecule has 1 aromatic rings. The van der Waals surface area contributed by atoms with Gasteiger partial charge in [0, 0.05) is 13.6 Å². The van der Waals surface area contributed by atoms with Gasteiger partial charge in [0.1, 0.15) is 6.04 Å². The van der Waals surface area contributed by atoms with Crippen LogP contribution in [0.3, 0.4) is 0 Å². The van der Waals surface area contributed by atoms with Crippen molar-refractivity contribution in [2.24, 2.45) is 0 Å². The van der Waals surface area contributed by atoms with E-state index in [-0.39, 0.29) is 5.91 Å². The van der Waals surface area contributed by atoms with Gasteiger partial charge in [0.05, 0.1) is 6.26 Å². The van der Waals surface area contributed by atoms with Gasteiger partial charge >= 0.3 is 0 Å². The normalized spacial score (nSPS) is 16.5. The summed E-state index contributed by atoms with van der Waals surface area (Å²) in [5.41, 5.74) is 2.05. The Hall–Kier alpha value is -1.66. The van der Waals surface area contributed by atoms with Gasteiger partial charge in [-0.15, -0.1) is 0 Å². The summed E-state index contributed by atoms with van der Waals surface area (Å²) in [5.74, 6) is -0.287. The van der Waals surface area contributed by atoms with E-state index >= 15 is 0 Å². The molecule has 1 atom stereocenters. The van der Waals surface area contributed by atoms with Crippen molar-refractivity contribution in [3.8, 4) is 0 Å². The zero-order chi connectivity index (χ0) is 17.6. The molecule has 0 saturated heterocycles. The smallest absolute Gasteiger partial charge is 0.243 e. The van der Waals surface area contributed by atoms with Crippen LogP contribution in [0.5, 0.6) is 0 Å². The molecular weight excluding hydrogens is 324 g/mol. The first-order chi connectivity index (χ1) is 11.4. The van der Waals surface area contributed by atoms with Crippen LogP contribution in [0, 0.1) is 0 Å². The predicted molar refractivity (Wildman–Crippen MR) is 96.0 cm³/mol. The Morgan fingerprint density at radius 2 is 1.96 bits per heavy atom. The largest absolute Gasteiger partial charge is 0.354 e. The fourth-order valence-electron chi connectivity index (χ4n) is 2.93. The second-order valence-corrected chi connectivity index (χ2v) is 8.28. The average molecular weight is 350 g/mol. The topological polar surface area (TPSA) is 66.5 Å². The second-order valence-electron chi connectivity index (χ2n) is 6.24. The standard InChI is InChI=1S/C18H26N2O3S/c1-20(24(2,22)23)17(16-11-7-4-8-12-16)18(21)19-14-13-15-9-5-3-6-10-15/h4,7-9,11-12,17H,3,5-6,10,13-14H2,1-2H3,(H,19,21). The number of sulfonamides is 1. The highest BCUT2D eigenvalue weighted by Crippen LogP contribution is 2.23. The molecule has 24 heavy (non-hydrogen) atoms. The Morgan fingerprint density at radius 3 is 2.54 bits per heavy atom. The first-order valence-corrected chi connectivity index (χ1v) is 10.2. The summed E-state index contributed by atoms with van der Waals surface area (Å²) in [6.07, 6.45) is 8.87. The lowest BCUT2D eigenvalue weighted by Gasteiger charge is -2.25. The van der Waals surface area contributed by atoms with Gasteiger partial charge in [-0.25, -0.2) is 8.42 Å². The number of likely N-dealkylation sites (N-methyl/N-ethyl adjacent to an activating group) is 1. The molecule has 0 fully saturated rings. The van der Waals surface area contributed by atoms with Crippen molar-refractivity contribution in [1.29, 1.82) is 0 Å². The van der Waals surface area contributed by atoms with E-state index in [2.05, 4.69) is 11.4 Å². The fourth-order valence-corrected chi connectivity index (χ4v) is 3.53. The molecule has 1 aliphatic carbocycles. The molecule has 0 aliphatic heterocycles. The van der Waals surface area contributed by atoms with E-state index in [1.165, 1.54) is 25.5 Å². The summed E-state index contributed by atoms with van der Waals surface area (Å²) in [4.78, 5) is 12.6. The molecule has 0 radical (unpaired) electrons. The molecule has 1 amide bonds. The summed E-state index contributed by atoms with van der Waals surface area (Å²) >= 11 is 0. The predicted octanol–water partition coefficient (Wildman–Crippen LogP) is 2.63. The molecule has 0 bridgehead atoms. The third-order valence-corrected chi connectivity index (χ3v) is 5.64. The Labute approximate surface area is 144 Å². The van der Waals surface area contributed by atoms with Gasteiger partial charge < -0.3 is 5.32 Å². The number of hydrogen-bond donors (Lipinski definition) is 1. The number of amides is 1. The molecule has 0 heterocycles. The molecule has 2 rings (SSSR count). The monoisotopic (exact) mass is 350 g/mol. The van der Waals surface area contributed by atoms with Crippen molar-refractivity contribution >= 4 is 15.9 Å². The van der Waals surface area contributed by atoms with Crippen LogP contribution in [0.15, 0.2) is 42.0 Å². The Balaban J connectivity index is 2.06. The third kappa shape index (κ3) is 5.18. The summed E-state index contributed by atoms with van der Waals surface area (Å²) in [7, 11) is -2.04. The molecule has 6 heteroatoms. The highest BCUT2D eigenvalue weighted by molar-refractivity contribution is 7.88. The minimum absolute atomic E-state index is 0.287. The van der Waals surface area contributed by atoms with Crippen LogP contribution in [-0.2, 0) is 14.8 Å². The van der Waals surface area contributed by atoms with E-state index in [0.717, 1.165) is 29.8 Å². The van der Waals surface area contributed by atoms with Crippen LogP contribution >= 0.6 is 0 Å². The van der Waals surface area contributed by atoms with Crippen LogP contribution < -0.4 is 5.32 Å². The third-order valence-electron chi connectivity index (χ3n) is 4.38. The van der Waals surface area contributed by atoms with E-state index in [9.17, 15) is 13.2 Å². The SMILES string of the molecule is CN(C(C(=O)NCCC1=CCCCC1)c1ccccc1)S(C)(=O)=O. The molecule has 1 aliphatic rings. The van der Waals surface area contributed by atoms with Gasteiger partial charge in [0.25, 0.3) is 0 Å². The van der Waals surface area contributed by atoms with Crippen LogP contribution in [0.4, 0.5) is 0 Å². The Kier molecular flexibility index (Phi) is 6.57. The first-order valence-electron chi connectivity index (χ1n) is 8.33. The number of carbonyl (C=O) groups excluding carboxylic acids is 1. The highest BCUT2D eigenvalue weighted by atomic mass is 32.2. The molecule has 1 N–H and O–H groups in total. The molecule has 132 valence electrons. The van der Waals surface area contributed by atoms with E-state index in [4.69, 9.17) is 0 Å². The van der Waals surface area contributed by atoms with Gasteiger partial charge in [-0.3, -0.25) is 4.79 Å². The molecule has 0 spiro atoms. The number of allylic oxidation sites excluding steroid dienone is 1. The van der Waals surface area contributed by atoms with Crippen molar-refractivity contribution in [2.45, 2.75) is 38.1 Å². The highest BCUT2D eigenvalue weighted by Gasteiger charge is 2.30. The van der Waals surface area contributed by atoms with Crippen molar-refractivity contribution in [3.05, 3.63) is 47.5 Å². The van der Waals surface area contributed by atoms with Crippen LogP contribution in [0.1, 0.15) is 43.7 Å². The molecule has 5 nitrogen and oxygen atoms in total. The minimum Gasteiger partial charge on any atom is -0.354 e. The number of nitrogens with one attached hydrogen (secondary N) is 1. The maximum Gasteiger partial charge on any atom is 0.243 e. The van der Waals surface area contributed by atoms with E-state index in [1.54, 1.807) is 24.3 Å². The van der Waals surface area contributed by atoms with Crippen molar-refractivity contribution in [2.75, 3.05) is 19.8 Å². The molecule has 0 saturated carbocycles. The van der Waals surface area contributed by atoms with Gasteiger partial charge in [-0.2, -0.15) is 4.31 Å². The maximum atomic E-state index is 12.6. The first kappa shape index (κ1) is 18.7. The zero-order valence-electron chi connectivity index (χ0n) is 14.4. The Morgan fingerprint density at radius 1 is 1.25 bits per heavy atom. The van der Waals surface area contributed by atoms with Gasteiger partial charge in [-0.05, 0) is 37.7 Å². The van der Waals surface area contributed by atoms with Crippen LogP contribution in [0.2, 0.25) is 0 Å². The second kappa shape index (κ2) is 8.44. The molecular formula is C18H26N2O3S. The summed E-state index contributed by atoms with van der Waals surface area (Å²) in [5, 5.41) is 2.90.